The van der Waals surface area contributed by atoms with E-state index in [1.54, 1.807) is 4.90 Å². The van der Waals surface area contributed by atoms with Gasteiger partial charge in [0.15, 0.2) is 0 Å². The maximum atomic E-state index is 12.4. The van der Waals surface area contributed by atoms with Crippen molar-refractivity contribution >= 4 is 23.4 Å². The lowest BCUT2D eigenvalue weighted by Gasteiger charge is -2.28. The average molecular weight is 357 g/mol. The van der Waals surface area contributed by atoms with Crippen LogP contribution < -0.4 is 0 Å². The third-order valence-corrected chi connectivity index (χ3v) is 4.71. The van der Waals surface area contributed by atoms with E-state index in [-0.39, 0.29) is 23.7 Å². The molecule has 1 fully saturated rings. The van der Waals surface area contributed by atoms with Crippen molar-refractivity contribution in [1.82, 2.24) is 9.80 Å². The number of alkyl halides is 1. The van der Waals surface area contributed by atoms with Crippen LogP contribution in [0, 0.1) is 0 Å². The van der Waals surface area contributed by atoms with Gasteiger partial charge in [0.05, 0.1) is 6.04 Å². The van der Waals surface area contributed by atoms with Crippen LogP contribution >= 0.6 is 11.6 Å². The Bertz CT molecular complexity index is 721. The Hall–Kier alpha value is -2.33. The Kier molecular flexibility index (Phi) is 5.71. The van der Waals surface area contributed by atoms with Gasteiger partial charge in [-0.3, -0.25) is 9.59 Å². The molecule has 3 rings (SSSR count). The molecule has 0 saturated carbocycles. The zero-order chi connectivity index (χ0) is 17.6. The molecule has 5 heteroatoms. The second kappa shape index (κ2) is 8.17. The van der Waals surface area contributed by atoms with Crippen molar-refractivity contribution in [3.05, 3.63) is 71.8 Å². The van der Waals surface area contributed by atoms with Gasteiger partial charge in [-0.2, -0.15) is 0 Å². The fourth-order valence-corrected chi connectivity index (χ4v) is 3.35. The van der Waals surface area contributed by atoms with E-state index in [0.717, 1.165) is 11.1 Å². The summed E-state index contributed by atoms with van der Waals surface area (Å²) in [6.07, 6.45) is 0.350. The number of amides is 2. The predicted molar refractivity (Wildman–Crippen MR) is 98.0 cm³/mol. The van der Waals surface area contributed by atoms with Crippen LogP contribution in [0.4, 0.5) is 0 Å². The first-order chi connectivity index (χ1) is 12.2. The van der Waals surface area contributed by atoms with Crippen LogP contribution in [0.3, 0.4) is 0 Å². The lowest BCUT2D eigenvalue weighted by molar-refractivity contribution is -0.131. The van der Waals surface area contributed by atoms with Crippen LogP contribution in [-0.2, 0) is 22.7 Å². The second-order valence-electron chi connectivity index (χ2n) is 6.26. The van der Waals surface area contributed by atoms with Gasteiger partial charge in [0.2, 0.25) is 11.8 Å². The first-order valence-electron chi connectivity index (χ1n) is 8.38. The van der Waals surface area contributed by atoms with E-state index in [0.29, 0.717) is 26.1 Å². The summed E-state index contributed by atoms with van der Waals surface area (Å²) in [6, 6.07) is 19.6. The molecule has 1 aliphatic rings. The van der Waals surface area contributed by atoms with E-state index in [1.807, 2.05) is 65.6 Å². The number of benzene rings is 2. The van der Waals surface area contributed by atoms with E-state index >= 15 is 0 Å². The van der Waals surface area contributed by atoms with Crippen molar-refractivity contribution in [2.45, 2.75) is 25.6 Å². The van der Waals surface area contributed by atoms with Gasteiger partial charge in [-0.05, 0) is 11.1 Å². The third-order valence-electron chi connectivity index (χ3n) is 4.48. The Balaban J connectivity index is 1.71. The van der Waals surface area contributed by atoms with Crippen LogP contribution in [0.1, 0.15) is 17.5 Å². The highest BCUT2D eigenvalue weighted by molar-refractivity contribution is 6.27. The largest absolute Gasteiger partial charge is 0.336 e. The van der Waals surface area contributed by atoms with Gasteiger partial charge in [-0.15, -0.1) is 11.6 Å². The van der Waals surface area contributed by atoms with E-state index in [2.05, 4.69) is 0 Å². The molecule has 1 saturated heterocycles. The van der Waals surface area contributed by atoms with Gasteiger partial charge >= 0.3 is 0 Å². The number of likely N-dealkylation sites (tertiary alicyclic amines) is 1. The van der Waals surface area contributed by atoms with Crippen LogP contribution in [0.25, 0.3) is 0 Å². The number of carbonyl (C=O) groups excluding carboxylic acids is 2. The third kappa shape index (κ3) is 4.40. The molecule has 1 aliphatic heterocycles. The molecule has 1 atom stereocenters. The summed E-state index contributed by atoms with van der Waals surface area (Å²) in [7, 11) is 0. The number of rotatable bonds is 6. The molecule has 0 aromatic heterocycles. The Morgan fingerprint density at radius 1 is 1.04 bits per heavy atom. The summed E-state index contributed by atoms with van der Waals surface area (Å²) in [6.45, 7) is 1.59. The smallest absolute Gasteiger partial charge is 0.238 e. The first kappa shape index (κ1) is 17.5. The zero-order valence-electron chi connectivity index (χ0n) is 14.0. The van der Waals surface area contributed by atoms with Crippen molar-refractivity contribution < 1.29 is 9.59 Å². The van der Waals surface area contributed by atoms with Gasteiger partial charge in [-0.25, -0.2) is 0 Å². The molecule has 4 nitrogen and oxygen atoms in total. The SMILES string of the molecule is O=C1C[C@H](N(Cc2ccccc2)C(=O)CCl)CN1Cc1ccccc1. The summed E-state index contributed by atoms with van der Waals surface area (Å²) in [4.78, 5) is 28.3. The number of hydrogen-bond donors (Lipinski definition) is 0. The Morgan fingerprint density at radius 2 is 1.64 bits per heavy atom. The van der Waals surface area contributed by atoms with E-state index < -0.39 is 0 Å². The highest BCUT2D eigenvalue weighted by Crippen LogP contribution is 2.22. The lowest BCUT2D eigenvalue weighted by Crippen LogP contribution is -2.42. The van der Waals surface area contributed by atoms with Crippen LogP contribution in [0.2, 0.25) is 0 Å². The molecule has 0 unspecified atom stereocenters. The van der Waals surface area contributed by atoms with E-state index in [1.165, 1.54) is 0 Å². The van der Waals surface area contributed by atoms with Gasteiger partial charge < -0.3 is 9.80 Å². The molecule has 0 bridgehead atoms. The normalized spacial score (nSPS) is 16.9. The summed E-state index contributed by atoms with van der Waals surface area (Å²) in [5, 5.41) is 0. The standard InChI is InChI=1S/C20H21ClN2O2/c21-12-20(25)23(14-17-9-5-2-6-10-17)18-11-19(24)22(15-18)13-16-7-3-1-4-8-16/h1-10,18H,11-15H2/t18-/m0/s1. The molecule has 130 valence electrons. The molecule has 2 aromatic carbocycles. The molecule has 0 N–H and O–H groups in total. The molecule has 25 heavy (non-hydrogen) atoms. The average Bonchev–Trinajstić information content (AvgIpc) is 3.01. The van der Waals surface area contributed by atoms with Crippen molar-refractivity contribution in [3.8, 4) is 0 Å². The number of carbonyl (C=O) groups is 2. The monoisotopic (exact) mass is 356 g/mol. The number of nitrogens with zero attached hydrogens (tertiary/aromatic N) is 2. The summed E-state index contributed by atoms with van der Waals surface area (Å²) in [5.74, 6) is -0.130. The molecule has 2 amide bonds. The quantitative estimate of drug-likeness (QED) is 0.746. The van der Waals surface area contributed by atoms with E-state index in [9.17, 15) is 9.59 Å². The fraction of sp³-hybridized carbons (Fsp3) is 0.300. The molecular formula is C20H21ClN2O2. The predicted octanol–water partition coefficient (Wildman–Crippen LogP) is 3.06. The Labute approximate surface area is 153 Å². The minimum absolute atomic E-state index is 0.0732. The molecule has 1 heterocycles. The Morgan fingerprint density at radius 3 is 2.24 bits per heavy atom. The van der Waals surface area contributed by atoms with Gasteiger partial charge in [0, 0.05) is 26.1 Å². The maximum Gasteiger partial charge on any atom is 0.238 e. The van der Waals surface area contributed by atoms with Crippen LogP contribution in [0.15, 0.2) is 60.7 Å². The van der Waals surface area contributed by atoms with Crippen LogP contribution in [0.5, 0.6) is 0 Å². The number of hydrogen-bond acceptors (Lipinski definition) is 2. The highest BCUT2D eigenvalue weighted by Gasteiger charge is 2.35. The van der Waals surface area contributed by atoms with Crippen molar-refractivity contribution in [2.75, 3.05) is 12.4 Å². The summed E-state index contributed by atoms with van der Waals surface area (Å²) < 4.78 is 0. The number of halogens is 1. The summed E-state index contributed by atoms with van der Waals surface area (Å²) >= 11 is 5.80. The van der Waals surface area contributed by atoms with Gasteiger partial charge in [0.1, 0.15) is 5.88 Å². The highest BCUT2D eigenvalue weighted by atomic mass is 35.5. The van der Waals surface area contributed by atoms with Crippen LogP contribution in [-0.4, -0.2) is 40.1 Å². The van der Waals surface area contributed by atoms with Crippen molar-refractivity contribution in [2.24, 2.45) is 0 Å². The molecule has 0 radical (unpaired) electrons. The molecule has 2 aromatic rings. The summed E-state index contributed by atoms with van der Waals surface area (Å²) in [5.41, 5.74) is 2.13. The molecule has 0 spiro atoms. The first-order valence-corrected chi connectivity index (χ1v) is 8.92. The van der Waals surface area contributed by atoms with E-state index in [4.69, 9.17) is 11.6 Å². The van der Waals surface area contributed by atoms with Gasteiger partial charge in [-0.1, -0.05) is 60.7 Å². The lowest BCUT2D eigenvalue weighted by atomic mass is 10.1. The maximum absolute atomic E-state index is 12.4. The van der Waals surface area contributed by atoms with Crippen molar-refractivity contribution in [1.29, 1.82) is 0 Å². The van der Waals surface area contributed by atoms with Crippen molar-refractivity contribution in [3.63, 3.8) is 0 Å². The minimum Gasteiger partial charge on any atom is -0.336 e. The van der Waals surface area contributed by atoms with Gasteiger partial charge in [0.25, 0.3) is 0 Å². The topological polar surface area (TPSA) is 40.6 Å². The second-order valence-corrected chi connectivity index (χ2v) is 6.53. The minimum atomic E-state index is -0.136. The zero-order valence-corrected chi connectivity index (χ0v) is 14.7. The fourth-order valence-electron chi connectivity index (χ4n) is 3.19. The molecular weight excluding hydrogens is 336 g/mol. The molecule has 0 aliphatic carbocycles.